The lowest BCUT2D eigenvalue weighted by Crippen LogP contribution is -2.30. The summed E-state index contributed by atoms with van der Waals surface area (Å²) in [6.07, 6.45) is 5.93. The summed E-state index contributed by atoms with van der Waals surface area (Å²) in [4.78, 5) is 8.64. The lowest BCUT2D eigenvalue weighted by molar-refractivity contribution is 0.211. The van der Waals surface area contributed by atoms with Gasteiger partial charge in [-0.25, -0.2) is 9.97 Å². The van der Waals surface area contributed by atoms with Crippen molar-refractivity contribution in [3.63, 3.8) is 0 Å². The molecule has 96 valence electrons. The molecule has 0 spiro atoms. The fourth-order valence-electron chi connectivity index (χ4n) is 2.39. The molecule has 1 fully saturated rings. The smallest absolute Gasteiger partial charge is 0.242 e. The molecular formula is C13H18N4O. The number of aryl methyl sites for hydroxylation is 1. The molecule has 3 rings (SSSR count). The Hall–Kier alpha value is -1.62. The molecule has 0 aromatic carbocycles. The number of nitrogens with one attached hydrogen (secondary N) is 1. The van der Waals surface area contributed by atoms with Gasteiger partial charge in [-0.15, -0.1) is 0 Å². The van der Waals surface area contributed by atoms with Crippen LogP contribution in [0.2, 0.25) is 0 Å². The number of ether oxygens (including phenoxy) is 1. The second-order valence-electron chi connectivity index (χ2n) is 4.84. The van der Waals surface area contributed by atoms with Crippen molar-refractivity contribution in [2.75, 3.05) is 19.7 Å². The van der Waals surface area contributed by atoms with Gasteiger partial charge in [-0.05, 0) is 37.9 Å². The van der Waals surface area contributed by atoms with E-state index in [0.717, 1.165) is 30.7 Å². The molecule has 0 radical (unpaired) electrons. The first kappa shape index (κ1) is 11.5. The molecule has 0 atom stereocenters. The zero-order valence-electron chi connectivity index (χ0n) is 10.6. The molecule has 2 aromatic heterocycles. The molecule has 5 nitrogen and oxygen atoms in total. The highest BCUT2D eigenvalue weighted by atomic mass is 16.5. The maximum atomic E-state index is 5.86. The van der Waals surface area contributed by atoms with Gasteiger partial charge < -0.3 is 14.6 Å². The second kappa shape index (κ2) is 4.94. The van der Waals surface area contributed by atoms with Crippen molar-refractivity contribution in [1.29, 1.82) is 0 Å². The predicted octanol–water partition coefficient (Wildman–Crippen LogP) is 1.35. The molecule has 0 aliphatic carbocycles. The standard InChI is InChI=1S/C13H18N4O/c1-17-9-16-12-11(17)4-7-15-13(12)18-8-10-2-5-14-6-3-10/h4,7,9-10,14H,2-3,5-6,8H2,1H3. The first-order chi connectivity index (χ1) is 8.84. The van der Waals surface area contributed by atoms with Crippen molar-refractivity contribution in [2.24, 2.45) is 13.0 Å². The topological polar surface area (TPSA) is 52.0 Å². The third-order valence-electron chi connectivity index (χ3n) is 3.52. The van der Waals surface area contributed by atoms with Gasteiger partial charge in [0.05, 0.1) is 18.5 Å². The average molecular weight is 246 g/mol. The van der Waals surface area contributed by atoms with Crippen LogP contribution < -0.4 is 10.1 Å². The number of nitrogens with zero attached hydrogens (tertiary/aromatic N) is 3. The monoisotopic (exact) mass is 246 g/mol. The predicted molar refractivity (Wildman–Crippen MR) is 69.6 cm³/mol. The summed E-state index contributed by atoms with van der Waals surface area (Å²) in [6.45, 7) is 2.93. The van der Waals surface area contributed by atoms with Gasteiger partial charge in [0, 0.05) is 13.2 Å². The van der Waals surface area contributed by atoms with E-state index in [1.54, 1.807) is 12.5 Å². The lowest BCUT2D eigenvalue weighted by Gasteiger charge is -2.22. The SMILES string of the molecule is Cn1cnc2c(OCC3CCNCC3)nccc21. The van der Waals surface area contributed by atoms with E-state index in [1.165, 1.54) is 12.8 Å². The van der Waals surface area contributed by atoms with Gasteiger partial charge in [0.15, 0.2) is 5.52 Å². The highest BCUT2D eigenvalue weighted by Gasteiger charge is 2.15. The molecule has 0 bridgehead atoms. The van der Waals surface area contributed by atoms with Crippen LogP contribution in [-0.4, -0.2) is 34.2 Å². The highest BCUT2D eigenvalue weighted by Crippen LogP contribution is 2.22. The number of aromatic nitrogens is 3. The number of hydrogen-bond donors (Lipinski definition) is 1. The average Bonchev–Trinajstić information content (AvgIpc) is 2.80. The minimum Gasteiger partial charge on any atom is -0.476 e. The molecule has 2 aromatic rings. The van der Waals surface area contributed by atoms with Crippen molar-refractivity contribution < 1.29 is 4.74 Å². The molecular weight excluding hydrogens is 228 g/mol. The van der Waals surface area contributed by atoms with Gasteiger partial charge in [0.2, 0.25) is 5.88 Å². The van der Waals surface area contributed by atoms with Gasteiger partial charge in [0.25, 0.3) is 0 Å². The molecule has 0 saturated carbocycles. The Labute approximate surface area is 106 Å². The van der Waals surface area contributed by atoms with E-state index >= 15 is 0 Å². The second-order valence-corrected chi connectivity index (χ2v) is 4.84. The Bertz CT molecular complexity index is 531. The fraction of sp³-hybridized carbons (Fsp3) is 0.538. The number of piperidine rings is 1. The van der Waals surface area contributed by atoms with E-state index in [9.17, 15) is 0 Å². The Balaban J connectivity index is 1.74. The van der Waals surface area contributed by atoms with E-state index in [1.807, 2.05) is 17.7 Å². The maximum Gasteiger partial charge on any atom is 0.242 e. The molecule has 1 saturated heterocycles. The lowest BCUT2D eigenvalue weighted by atomic mass is 9.99. The van der Waals surface area contributed by atoms with E-state index in [-0.39, 0.29) is 0 Å². The summed E-state index contributed by atoms with van der Waals surface area (Å²) in [5.41, 5.74) is 1.92. The van der Waals surface area contributed by atoms with E-state index in [4.69, 9.17) is 4.74 Å². The van der Waals surface area contributed by atoms with Gasteiger partial charge in [-0.3, -0.25) is 0 Å². The van der Waals surface area contributed by atoms with Crippen molar-refractivity contribution in [3.05, 3.63) is 18.6 Å². The number of hydrogen-bond acceptors (Lipinski definition) is 4. The molecule has 5 heteroatoms. The van der Waals surface area contributed by atoms with Crippen LogP contribution in [0.1, 0.15) is 12.8 Å². The normalized spacial score (nSPS) is 17.2. The summed E-state index contributed by atoms with van der Waals surface area (Å²) in [5.74, 6) is 1.29. The third-order valence-corrected chi connectivity index (χ3v) is 3.52. The van der Waals surface area contributed by atoms with Gasteiger partial charge in [-0.2, -0.15) is 0 Å². The molecule has 3 heterocycles. The van der Waals surface area contributed by atoms with Crippen LogP contribution in [0.5, 0.6) is 5.88 Å². The Morgan fingerprint density at radius 3 is 3.06 bits per heavy atom. The number of imidazole rings is 1. The molecule has 0 amide bonds. The summed E-state index contributed by atoms with van der Waals surface area (Å²) >= 11 is 0. The summed E-state index contributed by atoms with van der Waals surface area (Å²) in [5, 5.41) is 3.36. The highest BCUT2D eigenvalue weighted by molar-refractivity contribution is 5.79. The summed E-state index contributed by atoms with van der Waals surface area (Å²) < 4.78 is 7.84. The van der Waals surface area contributed by atoms with Crippen molar-refractivity contribution in [1.82, 2.24) is 19.9 Å². The molecule has 1 N–H and O–H groups in total. The Morgan fingerprint density at radius 1 is 1.39 bits per heavy atom. The maximum absolute atomic E-state index is 5.86. The minimum absolute atomic E-state index is 0.631. The third kappa shape index (κ3) is 2.18. The van der Waals surface area contributed by atoms with Crippen LogP contribution >= 0.6 is 0 Å². The first-order valence-corrected chi connectivity index (χ1v) is 6.44. The van der Waals surface area contributed by atoms with Crippen LogP contribution in [0.4, 0.5) is 0 Å². The molecule has 1 aliphatic rings. The first-order valence-electron chi connectivity index (χ1n) is 6.44. The van der Waals surface area contributed by atoms with Crippen LogP contribution in [0.3, 0.4) is 0 Å². The van der Waals surface area contributed by atoms with Crippen LogP contribution in [-0.2, 0) is 7.05 Å². The zero-order chi connectivity index (χ0) is 12.4. The van der Waals surface area contributed by atoms with Crippen molar-refractivity contribution >= 4 is 11.0 Å². The van der Waals surface area contributed by atoms with E-state index in [2.05, 4.69) is 15.3 Å². The van der Waals surface area contributed by atoms with Crippen LogP contribution in [0.15, 0.2) is 18.6 Å². The van der Waals surface area contributed by atoms with Crippen LogP contribution in [0, 0.1) is 5.92 Å². The molecule has 0 unspecified atom stereocenters. The Kier molecular flexibility index (Phi) is 3.15. The van der Waals surface area contributed by atoms with Gasteiger partial charge in [0.1, 0.15) is 0 Å². The number of pyridine rings is 1. The van der Waals surface area contributed by atoms with Crippen molar-refractivity contribution in [2.45, 2.75) is 12.8 Å². The van der Waals surface area contributed by atoms with E-state index < -0.39 is 0 Å². The number of rotatable bonds is 3. The quantitative estimate of drug-likeness (QED) is 0.888. The fourth-order valence-corrected chi connectivity index (χ4v) is 2.39. The number of fused-ring (bicyclic) bond motifs is 1. The Morgan fingerprint density at radius 2 is 2.22 bits per heavy atom. The largest absolute Gasteiger partial charge is 0.476 e. The van der Waals surface area contributed by atoms with E-state index in [0.29, 0.717) is 11.8 Å². The summed E-state index contributed by atoms with van der Waals surface area (Å²) in [6, 6.07) is 1.96. The van der Waals surface area contributed by atoms with Crippen LogP contribution in [0.25, 0.3) is 11.0 Å². The molecule has 1 aliphatic heterocycles. The van der Waals surface area contributed by atoms with Gasteiger partial charge >= 0.3 is 0 Å². The van der Waals surface area contributed by atoms with Gasteiger partial charge in [-0.1, -0.05) is 0 Å². The molecule has 18 heavy (non-hydrogen) atoms. The summed E-state index contributed by atoms with van der Waals surface area (Å²) in [7, 11) is 1.98. The van der Waals surface area contributed by atoms with Crippen molar-refractivity contribution in [3.8, 4) is 5.88 Å². The zero-order valence-corrected chi connectivity index (χ0v) is 10.6. The minimum atomic E-state index is 0.631.